The zero-order valence-electron chi connectivity index (χ0n) is 18.4. The Morgan fingerprint density at radius 2 is 1.89 bits per heavy atom. The largest absolute Gasteiger partial charge is 0.507 e. The molecule has 2 aliphatic rings. The summed E-state index contributed by atoms with van der Waals surface area (Å²) in [5, 5.41) is 10.7. The second-order valence-corrected chi connectivity index (χ2v) is 8.69. The SMILES string of the molecule is CC.COc1cc(O)c2c(c1)OC1(C)C=CC(C(C)C)CC1C2CC(C)C. The lowest BCUT2D eigenvalue weighted by Crippen LogP contribution is -2.48. The molecule has 3 heteroatoms. The first-order chi connectivity index (χ1) is 12.7. The van der Waals surface area contributed by atoms with E-state index in [9.17, 15) is 5.11 Å². The molecule has 1 heterocycles. The molecule has 0 fully saturated rings. The van der Waals surface area contributed by atoms with E-state index in [1.165, 1.54) is 0 Å². The number of aromatic hydroxyl groups is 1. The number of benzene rings is 1. The van der Waals surface area contributed by atoms with Gasteiger partial charge >= 0.3 is 0 Å². The molecule has 1 aromatic rings. The Morgan fingerprint density at radius 3 is 2.44 bits per heavy atom. The normalized spacial score (nSPS) is 28.7. The summed E-state index contributed by atoms with van der Waals surface area (Å²) in [7, 11) is 1.62. The third-order valence-corrected chi connectivity index (χ3v) is 6.03. The number of methoxy groups -OCH3 is 1. The third kappa shape index (κ3) is 4.28. The zero-order chi connectivity index (χ0) is 20.4. The van der Waals surface area contributed by atoms with Crippen molar-refractivity contribution in [3.63, 3.8) is 0 Å². The van der Waals surface area contributed by atoms with E-state index in [1.54, 1.807) is 13.2 Å². The van der Waals surface area contributed by atoms with Crippen LogP contribution in [0.15, 0.2) is 24.3 Å². The summed E-state index contributed by atoms with van der Waals surface area (Å²) in [5.41, 5.74) is 0.645. The van der Waals surface area contributed by atoms with Crippen molar-refractivity contribution in [3.8, 4) is 17.2 Å². The summed E-state index contributed by atoms with van der Waals surface area (Å²) in [6.45, 7) is 15.3. The van der Waals surface area contributed by atoms with Gasteiger partial charge in [-0.15, -0.1) is 0 Å². The van der Waals surface area contributed by atoms with Gasteiger partial charge < -0.3 is 14.6 Å². The van der Waals surface area contributed by atoms with Crippen molar-refractivity contribution >= 4 is 0 Å². The number of hydrogen-bond acceptors (Lipinski definition) is 3. The number of hydrogen-bond donors (Lipinski definition) is 1. The lowest BCUT2D eigenvalue weighted by molar-refractivity contribution is 0.00850. The van der Waals surface area contributed by atoms with Crippen LogP contribution in [0, 0.1) is 23.7 Å². The maximum atomic E-state index is 10.7. The lowest BCUT2D eigenvalue weighted by atomic mass is 9.63. The minimum Gasteiger partial charge on any atom is -0.507 e. The first kappa shape index (κ1) is 21.7. The topological polar surface area (TPSA) is 38.7 Å². The van der Waals surface area contributed by atoms with Crippen LogP contribution < -0.4 is 9.47 Å². The summed E-state index contributed by atoms with van der Waals surface area (Å²) in [6.07, 6.45) is 6.75. The minimum atomic E-state index is -0.323. The Hall–Kier alpha value is -1.64. The van der Waals surface area contributed by atoms with Gasteiger partial charge in [-0.3, -0.25) is 0 Å². The van der Waals surface area contributed by atoms with Gasteiger partial charge in [-0.25, -0.2) is 0 Å². The molecule has 1 aliphatic carbocycles. The molecule has 1 aliphatic heterocycles. The summed E-state index contributed by atoms with van der Waals surface area (Å²) >= 11 is 0. The molecule has 0 saturated heterocycles. The molecule has 1 aromatic carbocycles. The average Bonchev–Trinajstić information content (AvgIpc) is 2.61. The Kier molecular flexibility index (Phi) is 6.88. The van der Waals surface area contributed by atoms with Gasteiger partial charge in [0.25, 0.3) is 0 Å². The molecular formula is C24H38O3. The van der Waals surface area contributed by atoms with Crippen molar-refractivity contribution in [2.24, 2.45) is 23.7 Å². The van der Waals surface area contributed by atoms with Crippen LogP contribution in [0.5, 0.6) is 17.2 Å². The standard InChI is InChI=1S/C22H32O3.C2H6/c1-13(2)9-17-18-10-15(14(3)4)7-8-22(18,5)25-20-12-16(24-6)11-19(23)21(17)20;1-2/h7-8,11-15,17-18,23H,9-10H2,1-6H3;1-2H3. The Balaban J connectivity index is 0.00000126. The maximum absolute atomic E-state index is 10.7. The fourth-order valence-electron chi connectivity index (χ4n) is 4.60. The van der Waals surface area contributed by atoms with E-state index >= 15 is 0 Å². The van der Waals surface area contributed by atoms with Gasteiger partial charge in [0.05, 0.1) is 7.11 Å². The highest BCUT2D eigenvalue weighted by Crippen LogP contribution is 2.56. The lowest BCUT2D eigenvalue weighted by Gasteiger charge is -2.49. The van der Waals surface area contributed by atoms with Crippen LogP contribution in [0.4, 0.5) is 0 Å². The van der Waals surface area contributed by atoms with Crippen LogP contribution in [0.2, 0.25) is 0 Å². The van der Waals surface area contributed by atoms with Gasteiger partial charge in [-0.2, -0.15) is 0 Å². The minimum absolute atomic E-state index is 0.297. The average molecular weight is 375 g/mol. The molecule has 0 bridgehead atoms. The van der Waals surface area contributed by atoms with Crippen LogP contribution >= 0.6 is 0 Å². The van der Waals surface area contributed by atoms with E-state index in [0.717, 1.165) is 24.2 Å². The first-order valence-corrected chi connectivity index (χ1v) is 10.5. The summed E-state index contributed by atoms with van der Waals surface area (Å²) in [5.74, 6) is 4.13. The van der Waals surface area contributed by atoms with Gasteiger partial charge in [-0.05, 0) is 49.5 Å². The fourth-order valence-corrected chi connectivity index (χ4v) is 4.60. The highest BCUT2D eigenvalue weighted by molar-refractivity contribution is 5.54. The van der Waals surface area contributed by atoms with Crippen molar-refractivity contribution in [1.29, 1.82) is 0 Å². The zero-order valence-corrected chi connectivity index (χ0v) is 18.4. The van der Waals surface area contributed by atoms with E-state index < -0.39 is 0 Å². The molecule has 1 N–H and O–H groups in total. The second kappa shape index (κ2) is 8.58. The molecule has 152 valence electrons. The number of fused-ring (bicyclic) bond motifs is 2. The van der Waals surface area contributed by atoms with Gasteiger partial charge in [0.1, 0.15) is 22.8 Å². The number of allylic oxidation sites excluding steroid dienone is 1. The number of rotatable bonds is 4. The van der Waals surface area contributed by atoms with Crippen molar-refractivity contribution in [3.05, 3.63) is 29.8 Å². The predicted octanol–water partition coefficient (Wildman–Crippen LogP) is 6.56. The number of phenolic OH excluding ortho intramolecular Hbond substituents is 1. The van der Waals surface area contributed by atoms with E-state index in [-0.39, 0.29) is 5.60 Å². The molecule has 4 atom stereocenters. The number of phenols is 1. The van der Waals surface area contributed by atoms with Crippen LogP contribution in [0.25, 0.3) is 0 Å². The highest BCUT2D eigenvalue weighted by atomic mass is 16.5. The van der Waals surface area contributed by atoms with Gasteiger partial charge in [0.2, 0.25) is 0 Å². The molecule has 0 spiro atoms. The Morgan fingerprint density at radius 1 is 1.22 bits per heavy atom. The molecule has 3 rings (SSSR count). The summed E-state index contributed by atoms with van der Waals surface area (Å²) in [6, 6.07) is 3.64. The molecule has 4 unspecified atom stereocenters. The van der Waals surface area contributed by atoms with Crippen LogP contribution in [-0.4, -0.2) is 17.8 Å². The molecule has 27 heavy (non-hydrogen) atoms. The Bertz CT molecular complexity index is 662. The summed E-state index contributed by atoms with van der Waals surface area (Å²) in [4.78, 5) is 0. The van der Waals surface area contributed by atoms with Crippen molar-refractivity contribution in [1.82, 2.24) is 0 Å². The van der Waals surface area contributed by atoms with Gasteiger partial charge in [-0.1, -0.05) is 47.6 Å². The Labute approximate surface area is 165 Å². The fraction of sp³-hybridized carbons (Fsp3) is 0.667. The molecule has 0 amide bonds. The molecule has 3 nitrogen and oxygen atoms in total. The first-order valence-electron chi connectivity index (χ1n) is 10.5. The maximum Gasteiger partial charge on any atom is 0.131 e. The van der Waals surface area contributed by atoms with Crippen LogP contribution in [0.1, 0.15) is 72.8 Å². The van der Waals surface area contributed by atoms with Crippen LogP contribution in [-0.2, 0) is 0 Å². The third-order valence-electron chi connectivity index (χ3n) is 6.03. The van der Waals surface area contributed by atoms with Gasteiger partial charge in [0, 0.05) is 23.6 Å². The predicted molar refractivity (Wildman–Crippen MR) is 113 cm³/mol. The molecule has 0 radical (unpaired) electrons. The molecule has 0 aromatic heterocycles. The van der Waals surface area contributed by atoms with Crippen molar-refractivity contribution in [2.45, 2.75) is 72.8 Å². The van der Waals surface area contributed by atoms with E-state index in [4.69, 9.17) is 9.47 Å². The van der Waals surface area contributed by atoms with Crippen molar-refractivity contribution in [2.75, 3.05) is 7.11 Å². The van der Waals surface area contributed by atoms with Crippen LogP contribution in [0.3, 0.4) is 0 Å². The quantitative estimate of drug-likeness (QED) is 0.607. The monoisotopic (exact) mass is 374 g/mol. The number of ether oxygens (including phenoxy) is 2. The van der Waals surface area contributed by atoms with E-state index in [0.29, 0.717) is 41.1 Å². The smallest absolute Gasteiger partial charge is 0.131 e. The van der Waals surface area contributed by atoms with E-state index in [1.807, 2.05) is 19.9 Å². The molecular weight excluding hydrogens is 336 g/mol. The van der Waals surface area contributed by atoms with E-state index in [2.05, 4.69) is 46.8 Å². The second-order valence-electron chi connectivity index (χ2n) is 8.69. The van der Waals surface area contributed by atoms with Crippen molar-refractivity contribution < 1.29 is 14.6 Å². The highest BCUT2D eigenvalue weighted by Gasteiger charge is 2.49. The molecule has 0 saturated carbocycles. The van der Waals surface area contributed by atoms with Gasteiger partial charge in [0.15, 0.2) is 0 Å². The summed E-state index contributed by atoms with van der Waals surface area (Å²) < 4.78 is 11.8.